The second kappa shape index (κ2) is 19.1. The summed E-state index contributed by atoms with van der Waals surface area (Å²) in [7, 11) is 0. The van der Waals surface area contributed by atoms with E-state index in [1.807, 2.05) is 11.1 Å². The third kappa shape index (κ3) is 12.4. The molecule has 1 saturated heterocycles. The van der Waals surface area contributed by atoms with E-state index in [2.05, 4.69) is 34.8 Å². The van der Waals surface area contributed by atoms with Crippen molar-refractivity contribution in [3.8, 4) is 0 Å². The van der Waals surface area contributed by atoms with Crippen LogP contribution in [0.25, 0.3) is 0 Å². The lowest BCUT2D eigenvalue weighted by Gasteiger charge is -2.27. The standard InChI is InChI=1S/C28H53N7O2/c1-3-24(2)27(35-23-25(32-33-35)15-11-10-13-17-29)28(37)31-18-14-9-7-5-4-6-8-12-16-26(36)34-21-19-30-20-22-34/h23-24,27,30H,3-22,29H2,1-2H3,(H,31,37)/t24-,27-/m0/s1. The number of nitrogens with zero attached hydrogens (tertiary/aromatic N) is 4. The van der Waals surface area contributed by atoms with Crippen molar-refractivity contribution >= 4 is 11.8 Å². The lowest BCUT2D eigenvalue weighted by molar-refractivity contribution is -0.132. The number of aryl methyl sites for hydroxylation is 1. The van der Waals surface area contributed by atoms with E-state index in [1.54, 1.807) is 4.68 Å². The Bertz CT molecular complexity index is 749. The molecular formula is C28H53N7O2. The molecule has 0 unspecified atom stereocenters. The van der Waals surface area contributed by atoms with Gasteiger partial charge >= 0.3 is 0 Å². The minimum absolute atomic E-state index is 0.0456. The van der Waals surface area contributed by atoms with E-state index >= 15 is 0 Å². The Hall–Kier alpha value is -2.00. The van der Waals surface area contributed by atoms with Gasteiger partial charge in [-0.1, -0.05) is 70.4 Å². The Kier molecular flexibility index (Phi) is 16.1. The first kappa shape index (κ1) is 31.2. The highest BCUT2D eigenvalue weighted by atomic mass is 16.2. The van der Waals surface area contributed by atoms with Crippen LogP contribution < -0.4 is 16.4 Å². The first-order chi connectivity index (χ1) is 18.1. The number of nitrogens with two attached hydrogens (primary N) is 1. The zero-order chi connectivity index (χ0) is 26.7. The van der Waals surface area contributed by atoms with Crippen molar-refractivity contribution in [2.45, 2.75) is 110 Å². The van der Waals surface area contributed by atoms with Crippen LogP contribution in [0, 0.1) is 5.92 Å². The lowest BCUT2D eigenvalue weighted by atomic mass is 9.98. The molecule has 0 saturated carbocycles. The van der Waals surface area contributed by atoms with Gasteiger partial charge < -0.3 is 21.3 Å². The van der Waals surface area contributed by atoms with E-state index in [0.717, 1.165) is 96.2 Å². The molecule has 2 atom stereocenters. The largest absolute Gasteiger partial charge is 0.354 e. The average molecular weight is 520 g/mol. The van der Waals surface area contributed by atoms with Crippen LogP contribution in [0.15, 0.2) is 6.20 Å². The van der Waals surface area contributed by atoms with Crippen molar-refractivity contribution in [1.29, 1.82) is 0 Å². The summed E-state index contributed by atoms with van der Waals surface area (Å²) in [5.74, 6) is 0.560. The zero-order valence-electron chi connectivity index (χ0n) is 23.6. The first-order valence-corrected chi connectivity index (χ1v) is 14.9. The highest BCUT2D eigenvalue weighted by molar-refractivity contribution is 5.80. The molecule has 1 aromatic rings. The number of nitrogens with one attached hydrogen (secondary N) is 2. The van der Waals surface area contributed by atoms with Crippen LogP contribution in [-0.4, -0.2) is 71.0 Å². The zero-order valence-corrected chi connectivity index (χ0v) is 23.6. The number of unbranched alkanes of at least 4 members (excludes halogenated alkanes) is 9. The second-order valence-corrected chi connectivity index (χ2v) is 10.6. The predicted octanol–water partition coefficient (Wildman–Crippen LogP) is 3.60. The fourth-order valence-corrected chi connectivity index (χ4v) is 4.90. The number of piperazine rings is 1. The van der Waals surface area contributed by atoms with Crippen LogP contribution in [0.1, 0.15) is 109 Å². The number of aromatic nitrogens is 3. The molecule has 0 aliphatic carbocycles. The van der Waals surface area contributed by atoms with Crippen molar-refractivity contribution in [3.05, 3.63) is 11.9 Å². The summed E-state index contributed by atoms with van der Waals surface area (Å²) in [4.78, 5) is 27.2. The Morgan fingerprint density at radius 1 is 1.00 bits per heavy atom. The smallest absolute Gasteiger partial charge is 0.245 e. The maximum atomic E-state index is 13.0. The van der Waals surface area contributed by atoms with Gasteiger partial charge in [-0.15, -0.1) is 5.10 Å². The number of carbonyl (C=O) groups excluding carboxylic acids is 2. The lowest BCUT2D eigenvalue weighted by Crippen LogP contribution is -2.46. The fraction of sp³-hybridized carbons (Fsp3) is 0.857. The molecule has 212 valence electrons. The van der Waals surface area contributed by atoms with Crippen molar-refractivity contribution < 1.29 is 9.59 Å². The number of carbonyl (C=O) groups is 2. The normalized spacial score (nSPS) is 15.5. The summed E-state index contributed by atoms with van der Waals surface area (Å²) in [5.41, 5.74) is 6.52. The molecule has 9 nitrogen and oxygen atoms in total. The summed E-state index contributed by atoms with van der Waals surface area (Å²) >= 11 is 0. The van der Waals surface area contributed by atoms with Crippen LogP contribution in [0.5, 0.6) is 0 Å². The molecule has 1 aliphatic heterocycles. The molecule has 0 aromatic carbocycles. The van der Waals surface area contributed by atoms with Gasteiger partial charge in [0, 0.05) is 45.3 Å². The molecule has 1 aromatic heterocycles. The molecular weight excluding hydrogens is 466 g/mol. The van der Waals surface area contributed by atoms with Crippen molar-refractivity contribution in [2.75, 3.05) is 39.3 Å². The maximum absolute atomic E-state index is 13.0. The average Bonchev–Trinajstić information content (AvgIpc) is 3.38. The molecule has 0 radical (unpaired) electrons. The van der Waals surface area contributed by atoms with Crippen molar-refractivity contribution in [1.82, 2.24) is 30.5 Å². The van der Waals surface area contributed by atoms with Crippen molar-refractivity contribution in [3.63, 3.8) is 0 Å². The van der Waals surface area contributed by atoms with Gasteiger partial charge in [0.2, 0.25) is 11.8 Å². The van der Waals surface area contributed by atoms with Gasteiger partial charge in [-0.05, 0) is 44.6 Å². The van der Waals surface area contributed by atoms with E-state index in [1.165, 1.54) is 25.7 Å². The SMILES string of the molecule is CC[C@H](C)[C@@H](C(=O)NCCCCCCCCCCC(=O)N1CCNCC1)n1cc(CCCCCN)nn1. The van der Waals surface area contributed by atoms with Crippen LogP contribution in [0.4, 0.5) is 0 Å². The summed E-state index contributed by atoms with van der Waals surface area (Å²) in [6.07, 6.45) is 16.7. The third-order valence-corrected chi connectivity index (χ3v) is 7.52. The predicted molar refractivity (Wildman–Crippen MR) is 149 cm³/mol. The van der Waals surface area contributed by atoms with E-state index in [0.29, 0.717) is 18.9 Å². The molecule has 2 amide bonds. The van der Waals surface area contributed by atoms with Gasteiger partial charge in [0.1, 0.15) is 6.04 Å². The Morgan fingerprint density at radius 3 is 2.32 bits per heavy atom. The topological polar surface area (TPSA) is 118 Å². The summed E-state index contributed by atoms with van der Waals surface area (Å²) in [6.45, 7) is 9.21. The van der Waals surface area contributed by atoms with Crippen LogP contribution in [0.2, 0.25) is 0 Å². The van der Waals surface area contributed by atoms with Crippen LogP contribution >= 0.6 is 0 Å². The summed E-state index contributed by atoms with van der Waals surface area (Å²) in [6, 6.07) is -0.311. The molecule has 2 rings (SSSR count). The Balaban J connectivity index is 1.54. The number of hydrogen-bond acceptors (Lipinski definition) is 6. The van der Waals surface area contributed by atoms with E-state index in [9.17, 15) is 9.59 Å². The maximum Gasteiger partial charge on any atom is 0.245 e. The summed E-state index contributed by atoms with van der Waals surface area (Å²) < 4.78 is 1.76. The number of amides is 2. The van der Waals surface area contributed by atoms with Gasteiger partial charge in [0.25, 0.3) is 0 Å². The van der Waals surface area contributed by atoms with E-state index in [4.69, 9.17) is 5.73 Å². The Labute approximate surface area is 224 Å². The van der Waals surface area contributed by atoms with Gasteiger partial charge in [-0.3, -0.25) is 9.59 Å². The van der Waals surface area contributed by atoms with E-state index in [-0.39, 0.29) is 17.9 Å². The van der Waals surface area contributed by atoms with Crippen molar-refractivity contribution in [2.24, 2.45) is 11.7 Å². The Morgan fingerprint density at radius 2 is 1.65 bits per heavy atom. The monoisotopic (exact) mass is 519 g/mol. The number of rotatable bonds is 20. The molecule has 1 fully saturated rings. The molecule has 0 spiro atoms. The minimum atomic E-state index is -0.311. The van der Waals surface area contributed by atoms with Gasteiger partial charge in [-0.2, -0.15) is 0 Å². The second-order valence-electron chi connectivity index (χ2n) is 10.6. The van der Waals surface area contributed by atoms with Crippen LogP contribution in [0.3, 0.4) is 0 Å². The molecule has 0 bridgehead atoms. The molecule has 4 N–H and O–H groups in total. The third-order valence-electron chi connectivity index (χ3n) is 7.52. The van der Waals surface area contributed by atoms with Crippen LogP contribution in [-0.2, 0) is 16.0 Å². The first-order valence-electron chi connectivity index (χ1n) is 14.9. The van der Waals surface area contributed by atoms with Gasteiger partial charge in [0.05, 0.1) is 5.69 Å². The van der Waals surface area contributed by atoms with E-state index < -0.39 is 0 Å². The highest BCUT2D eigenvalue weighted by Gasteiger charge is 2.27. The number of hydrogen-bond donors (Lipinski definition) is 3. The summed E-state index contributed by atoms with van der Waals surface area (Å²) in [5, 5.41) is 15.0. The highest BCUT2D eigenvalue weighted by Crippen LogP contribution is 2.21. The minimum Gasteiger partial charge on any atom is -0.354 e. The molecule has 37 heavy (non-hydrogen) atoms. The quantitative estimate of drug-likeness (QED) is 0.227. The van der Waals surface area contributed by atoms with Gasteiger partial charge in [-0.25, -0.2) is 4.68 Å². The van der Waals surface area contributed by atoms with Gasteiger partial charge in [0.15, 0.2) is 0 Å². The molecule has 2 heterocycles. The molecule has 9 heteroatoms. The molecule has 1 aliphatic rings. The fourth-order valence-electron chi connectivity index (χ4n) is 4.90.